The van der Waals surface area contributed by atoms with E-state index in [-0.39, 0.29) is 18.9 Å². The van der Waals surface area contributed by atoms with Gasteiger partial charge in [0.25, 0.3) is 5.91 Å². The monoisotopic (exact) mass is 346 g/mol. The van der Waals surface area contributed by atoms with Crippen LogP contribution in [0.15, 0.2) is 18.2 Å². The van der Waals surface area contributed by atoms with Gasteiger partial charge in [-0.25, -0.2) is 0 Å². The van der Waals surface area contributed by atoms with E-state index < -0.39 is 5.97 Å². The van der Waals surface area contributed by atoms with Gasteiger partial charge in [-0.15, -0.1) is 0 Å². The van der Waals surface area contributed by atoms with Crippen LogP contribution in [0.4, 0.5) is 0 Å². The molecule has 25 heavy (non-hydrogen) atoms. The van der Waals surface area contributed by atoms with Crippen molar-refractivity contribution in [2.75, 3.05) is 26.8 Å². The first-order valence-electron chi connectivity index (χ1n) is 8.50. The Hall–Kier alpha value is -2.34. The molecular formula is C19H26N2O4. The van der Waals surface area contributed by atoms with Crippen LogP contribution in [0.3, 0.4) is 0 Å². The predicted molar refractivity (Wildman–Crippen MR) is 97.1 cm³/mol. The zero-order valence-corrected chi connectivity index (χ0v) is 15.3. The van der Waals surface area contributed by atoms with Crippen LogP contribution in [0.5, 0.6) is 0 Å². The second kappa shape index (κ2) is 8.16. The van der Waals surface area contributed by atoms with Crippen LogP contribution >= 0.6 is 0 Å². The van der Waals surface area contributed by atoms with E-state index in [1.165, 1.54) is 0 Å². The van der Waals surface area contributed by atoms with Crippen LogP contribution in [-0.2, 0) is 16.1 Å². The number of rotatable bonds is 8. The largest absolute Gasteiger partial charge is 0.481 e. The molecular weight excluding hydrogens is 320 g/mol. The van der Waals surface area contributed by atoms with Gasteiger partial charge in [-0.3, -0.25) is 9.59 Å². The predicted octanol–water partition coefficient (Wildman–Crippen LogP) is 2.84. The summed E-state index contributed by atoms with van der Waals surface area (Å²) in [6.07, 6.45) is -0.0483. The minimum Gasteiger partial charge on any atom is -0.481 e. The Bertz CT molecular complexity index is 779. The number of methoxy groups -OCH3 is 1. The molecule has 0 unspecified atom stereocenters. The third kappa shape index (κ3) is 4.02. The number of aliphatic carboxylic acids is 1. The molecule has 0 atom stereocenters. The number of benzene rings is 1. The summed E-state index contributed by atoms with van der Waals surface area (Å²) in [5, 5.41) is 9.89. The summed E-state index contributed by atoms with van der Waals surface area (Å²) >= 11 is 0. The van der Waals surface area contributed by atoms with Gasteiger partial charge in [-0.05, 0) is 44.5 Å². The fourth-order valence-corrected chi connectivity index (χ4v) is 3.07. The first-order valence-corrected chi connectivity index (χ1v) is 8.50. The molecule has 1 N–H and O–H groups in total. The van der Waals surface area contributed by atoms with Gasteiger partial charge in [0.1, 0.15) is 0 Å². The molecule has 1 amide bonds. The first kappa shape index (κ1) is 19.0. The van der Waals surface area contributed by atoms with Crippen molar-refractivity contribution < 1.29 is 19.4 Å². The number of carboxylic acids is 1. The second-order valence-corrected chi connectivity index (χ2v) is 6.12. The molecule has 0 saturated carbocycles. The average molecular weight is 346 g/mol. The van der Waals surface area contributed by atoms with Gasteiger partial charge in [0.2, 0.25) is 0 Å². The fraction of sp³-hybridized carbons (Fsp3) is 0.474. The van der Waals surface area contributed by atoms with Gasteiger partial charge in [0.15, 0.2) is 0 Å². The van der Waals surface area contributed by atoms with Crippen molar-refractivity contribution in [1.29, 1.82) is 0 Å². The second-order valence-electron chi connectivity index (χ2n) is 6.12. The molecule has 1 aromatic carbocycles. The van der Waals surface area contributed by atoms with Crippen molar-refractivity contribution in [2.45, 2.75) is 33.7 Å². The summed E-state index contributed by atoms with van der Waals surface area (Å²) in [4.78, 5) is 25.1. The van der Waals surface area contributed by atoms with Gasteiger partial charge >= 0.3 is 5.97 Å². The molecule has 6 nitrogen and oxygen atoms in total. The van der Waals surface area contributed by atoms with E-state index in [1.807, 2.05) is 25.1 Å². The maximum Gasteiger partial charge on any atom is 0.305 e. The zero-order valence-electron chi connectivity index (χ0n) is 15.3. The summed E-state index contributed by atoms with van der Waals surface area (Å²) in [5.41, 5.74) is 3.98. The van der Waals surface area contributed by atoms with Crippen LogP contribution in [-0.4, -0.2) is 53.3 Å². The van der Waals surface area contributed by atoms with E-state index in [1.54, 1.807) is 12.0 Å². The number of ether oxygens (including phenoxy) is 1. The molecule has 1 aromatic heterocycles. The average Bonchev–Trinajstić information content (AvgIpc) is 2.83. The molecule has 0 aliphatic carbocycles. The summed E-state index contributed by atoms with van der Waals surface area (Å²) in [6, 6.07) is 5.69. The van der Waals surface area contributed by atoms with E-state index in [2.05, 4.69) is 18.4 Å². The Labute approximate surface area is 148 Å². The van der Waals surface area contributed by atoms with Gasteiger partial charge < -0.3 is 19.3 Å². The lowest BCUT2D eigenvalue weighted by atomic mass is 10.1. The highest BCUT2D eigenvalue weighted by atomic mass is 16.5. The Morgan fingerprint density at radius 3 is 2.60 bits per heavy atom. The van der Waals surface area contributed by atoms with Crippen molar-refractivity contribution in [2.24, 2.45) is 0 Å². The fourth-order valence-electron chi connectivity index (χ4n) is 3.07. The van der Waals surface area contributed by atoms with Crippen molar-refractivity contribution in [3.8, 4) is 0 Å². The Kier molecular flexibility index (Phi) is 6.20. The van der Waals surface area contributed by atoms with Crippen molar-refractivity contribution in [1.82, 2.24) is 9.47 Å². The van der Waals surface area contributed by atoms with Gasteiger partial charge in [-0.2, -0.15) is 0 Å². The summed E-state index contributed by atoms with van der Waals surface area (Å²) in [6.45, 7) is 8.07. The summed E-state index contributed by atoms with van der Waals surface area (Å²) in [5.74, 6) is -1.03. The van der Waals surface area contributed by atoms with E-state index in [9.17, 15) is 9.59 Å². The minimum absolute atomic E-state index is 0.0483. The number of hydrogen-bond donors (Lipinski definition) is 1. The summed E-state index contributed by atoms with van der Waals surface area (Å²) < 4.78 is 7.38. The Morgan fingerprint density at radius 2 is 2.00 bits per heavy atom. The molecule has 2 rings (SSSR count). The van der Waals surface area contributed by atoms with Crippen LogP contribution in [0.2, 0.25) is 0 Å². The number of carboxylic acid groups (broad SMARTS) is 1. The van der Waals surface area contributed by atoms with Crippen molar-refractivity contribution >= 4 is 22.8 Å². The van der Waals surface area contributed by atoms with E-state index in [4.69, 9.17) is 9.84 Å². The van der Waals surface area contributed by atoms with Crippen LogP contribution in [0.25, 0.3) is 10.9 Å². The van der Waals surface area contributed by atoms with E-state index >= 15 is 0 Å². The van der Waals surface area contributed by atoms with Crippen LogP contribution < -0.4 is 0 Å². The molecule has 0 saturated heterocycles. The first-order chi connectivity index (χ1) is 11.9. The van der Waals surface area contributed by atoms with Gasteiger partial charge in [0, 0.05) is 48.9 Å². The highest BCUT2D eigenvalue weighted by Gasteiger charge is 2.18. The number of aromatic nitrogens is 1. The van der Waals surface area contributed by atoms with Gasteiger partial charge in [-0.1, -0.05) is 0 Å². The van der Waals surface area contributed by atoms with Crippen molar-refractivity contribution in [3.05, 3.63) is 35.0 Å². The van der Waals surface area contributed by atoms with Crippen molar-refractivity contribution in [3.63, 3.8) is 0 Å². The molecule has 0 bridgehead atoms. The number of hydrogen-bond acceptors (Lipinski definition) is 3. The molecule has 0 spiro atoms. The zero-order chi connectivity index (χ0) is 18.6. The highest BCUT2D eigenvalue weighted by Crippen LogP contribution is 2.26. The lowest BCUT2D eigenvalue weighted by molar-refractivity contribution is -0.137. The molecule has 136 valence electrons. The SMILES string of the molecule is CCN(CCC(=O)O)C(=O)c1ccc2c(c1)c(C)c(C)n2CCOC. The smallest absolute Gasteiger partial charge is 0.305 e. The lowest BCUT2D eigenvalue weighted by Crippen LogP contribution is -2.32. The summed E-state index contributed by atoms with van der Waals surface area (Å²) in [7, 11) is 1.68. The topological polar surface area (TPSA) is 71.8 Å². The Balaban J connectivity index is 2.35. The molecule has 6 heteroatoms. The molecule has 2 aromatic rings. The number of nitrogens with zero attached hydrogens (tertiary/aromatic N) is 2. The normalized spacial score (nSPS) is 11.0. The van der Waals surface area contributed by atoms with E-state index in [0.29, 0.717) is 18.7 Å². The highest BCUT2D eigenvalue weighted by molar-refractivity contribution is 5.99. The maximum absolute atomic E-state index is 12.7. The molecule has 0 aliphatic heterocycles. The maximum atomic E-state index is 12.7. The standard InChI is InChI=1S/C19H26N2O4/c1-5-20(9-8-18(22)23)19(24)15-6-7-17-16(12-15)13(2)14(3)21(17)10-11-25-4/h6-7,12H,5,8-11H2,1-4H3,(H,22,23). The van der Waals surface area contributed by atoms with Crippen LogP contribution in [0.1, 0.15) is 35.0 Å². The third-order valence-corrected chi connectivity index (χ3v) is 4.67. The quantitative estimate of drug-likeness (QED) is 0.798. The van der Waals surface area contributed by atoms with Crippen LogP contribution in [0, 0.1) is 13.8 Å². The number of carbonyl (C=O) groups excluding carboxylic acids is 1. The Morgan fingerprint density at radius 1 is 1.28 bits per heavy atom. The molecule has 1 heterocycles. The van der Waals surface area contributed by atoms with Gasteiger partial charge in [0.05, 0.1) is 13.0 Å². The number of fused-ring (bicyclic) bond motifs is 1. The molecule has 0 aliphatic rings. The lowest BCUT2D eigenvalue weighted by Gasteiger charge is -2.20. The third-order valence-electron chi connectivity index (χ3n) is 4.67. The number of carbonyl (C=O) groups is 2. The number of aryl methyl sites for hydroxylation is 1. The molecule has 0 fully saturated rings. The molecule has 0 radical (unpaired) electrons. The number of amides is 1. The van der Waals surface area contributed by atoms with E-state index in [0.717, 1.165) is 28.7 Å². The minimum atomic E-state index is -0.900.